The molecular formula is C21H20ClNO2S. The highest BCUT2D eigenvalue weighted by molar-refractivity contribution is 7.98. The second-order valence-corrected chi connectivity index (χ2v) is 7.25. The Bertz CT molecular complexity index is 867. The fourth-order valence-corrected chi connectivity index (χ4v) is 3.51. The van der Waals surface area contributed by atoms with Crippen molar-refractivity contribution >= 4 is 35.4 Å². The Hall–Kier alpha value is -2.22. The standard InChI is InChI=1S/C21H20ClNO2S/c1-4-25-21(24)17(12-23)10-16-11-18(15(3)9-14(16)2)13-26-20-7-5-19(22)6-8-20/h5-11H,4,13H2,1-3H3/b17-10+. The van der Waals surface area contributed by atoms with Crippen LogP contribution in [0.25, 0.3) is 6.08 Å². The fraction of sp³-hybridized carbons (Fsp3) is 0.238. The van der Waals surface area contributed by atoms with Gasteiger partial charge in [0.15, 0.2) is 0 Å². The van der Waals surface area contributed by atoms with Crippen molar-refractivity contribution in [1.29, 1.82) is 5.26 Å². The van der Waals surface area contributed by atoms with E-state index in [9.17, 15) is 10.1 Å². The minimum atomic E-state index is -0.591. The molecule has 2 aromatic carbocycles. The van der Waals surface area contributed by atoms with E-state index in [0.29, 0.717) is 0 Å². The quantitative estimate of drug-likeness (QED) is 0.276. The molecule has 0 spiro atoms. The van der Waals surface area contributed by atoms with Crippen molar-refractivity contribution in [3.8, 4) is 6.07 Å². The predicted octanol–water partition coefficient (Wildman–Crippen LogP) is 5.72. The van der Waals surface area contributed by atoms with Crippen LogP contribution in [-0.4, -0.2) is 12.6 Å². The van der Waals surface area contributed by atoms with Gasteiger partial charge in [0.1, 0.15) is 11.6 Å². The molecule has 0 heterocycles. The van der Waals surface area contributed by atoms with Crippen LogP contribution in [0.1, 0.15) is 29.2 Å². The fourth-order valence-electron chi connectivity index (χ4n) is 2.42. The van der Waals surface area contributed by atoms with Gasteiger partial charge in [0.25, 0.3) is 0 Å². The summed E-state index contributed by atoms with van der Waals surface area (Å²) in [5.74, 6) is 0.197. The minimum absolute atomic E-state index is 0.00936. The van der Waals surface area contributed by atoms with Gasteiger partial charge in [0, 0.05) is 15.7 Å². The molecule has 2 rings (SSSR count). The van der Waals surface area contributed by atoms with Gasteiger partial charge in [-0.25, -0.2) is 4.79 Å². The van der Waals surface area contributed by atoms with Crippen LogP contribution in [0, 0.1) is 25.2 Å². The average molecular weight is 386 g/mol. The van der Waals surface area contributed by atoms with Gasteiger partial charge < -0.3 is 4.74 Å². The number of aryl methyl sites for hydroxylation is 2. The van der Waals surface area contributed by atoms with Crippen molar-refractivity contribution in [3.63, 3.8) is 0 Å². The van der Waals surface area contributed by atoms with Gasteiger partial charge >= 0.3 is 5.97 Å². The number of nitriles is 1. The van der Waals surface area contributed by atoms with E-state index >= 15 is 0 Å². The molecular weight excluding hydrogens is 366 g/mol. The first-order valence-corrected chi connectivity index (χ1v) is 9.58. The van der Waals surface area contributed by atoms with Crippen LogP contribution in [0.2, 0.25) is 5.02 Å². The van der Waals surface area contributed by atoms with E-state index in [1.807, 2.05) is 43.3 Å². The number of thioether (sulfide) groups is 1. The first-order chi connectivity index (χ1) is 12.4. The molecule has 5 heteroatoms. The SMILES string of the molecule is CCOC(=O)/C(C#N)=C/c1cc(CSc2ccc(Cl)cc2)c(C)cc1C. The molecule has 0 atom stereocenters. The van der Waals surface area contributed by atoms with Crippen molar-refractivity contribution < 1.29 is 9.53 Å². The Morgan fingerprint density at radius 2 is 1.92 bits per heavy atom. The molecule has 3 nitrogen and oxygen atoms in total. The molecule has 26 heavy (non-hydrogen) atoms. The molecule has 2 aromatic rings. The molecule has 0 aliphatic rings. The second kappa shape index (κ2) is 9.47. The summed E-state index contributed by atoms with van der Waals surface area (Å²) in [4.78, 5) is 13.0. The van der Waals surface area contributed by atoms with Gasteiger partial charge in [0.05, 0.1) is 6.61 Å². The molecule has 0 unspecified atom stereocenters. The Morgan fingerprint density at radius 3 is 2.54 bits per heavy atom. The molecule has 0 radical (unpaired) electrons. The van der Waals surface area contributed by atoms with E-state index < -0.39 is 5.97 Å². The zero-order valence-corrected chi connectivity index (χ0v) is 16.6. The lowest BCUT2D eigenvalue weighted by Gasteiger charge is -2.11. The third kappa shape index (κ3) is 5.39. The molecule has 0 saturated heterocycles. The van der Waals surface area contributed by atoms with Crippen LogP contribution in [0.15, 0.2) is 46.9 Å². The molecule has 0 saturated carbocycles. The number of carbonyl (C=O) groups is 1. The van der Waals surface area contributed by atoms with Crippen molar-refractivity contribution in [2.45, 2.75) is 31.4 Å². The predicted molar refractivity (Wildman–Crippen MR) is 107 cm³/mol. The number of halogens is 1. The Kier molecular flexibility index (Phi) is 7.32. The van der Waals surface area contributed by atoms with Crippen molar-refractivity contribution in [3.05, 3.63) is 69.2 Å². The van der Waals surface area contributed by atoms with Crippen LogP contribution in [0.4, 0.5) is 0 Å². The number of nitrogens with zero attached hydrogens (tertiary/aromatic N) is 1. The number of ether oxygens (including phenoxy) is 1. The van der Waals surface area contributed by atoms with E-state index in [0.717, 1.165) is 32.4 Å². The monoisotopic (exact) mass is 385 g/mol. The maximum absolute atomic E-state index is 11.9. The maximum Gasteiger partial charge on any atom is 0.348 e. The number of esters is 1. The Balaban J connectivity index is 2.26. The van der Waals surface area contributed by atoms with Crippen LogP contribution >= 0.6 is 23.4 Å². The maximum atomic E-state index is 11.9. The highest BCUT2D eigenvalue weighted by Crippen LogP contribution is 2.28. The van der Waals surface area contributed by atoms with E-state index in [2.05, 4.69) is 13.0 Å². The Morgan fingerprint density at radius 1 is 1.23 bits per heavy atom. The van der Waals surface area contributed by atoms with Gasteiger partial charge in [-0.3, -0.25) is 0 Å². The lowest BCUT2D eigenvalue weighted by molar-refractivity contribution is -0.137. The van der Waals surface area contributed by atoms with Gasteiger partial charge in [-0.15, -0.1) is 11.8 Å². The number of hydrogen-bond acceptors (Lipinski definition) is 4. The molecule has 134 valence electrons. The Labute approximate surface area is 163 Å². The van der Waals surface area contributed by atoms with Crippen LogP contribution < -0.4 is 0 Å². The normalized spacial score (nSPS) is 11.1. The number of benzene rings is 2. The van der Waals surface area contributed by atoms with Crippen molar-refractivity contribution in [1.82, 2.24) is 0 Å². The first-order valence-electron chi connectivity index (χ1n) is 8.22. The molecule has 0 aliphatic heterocycles. The van der Waals surface area contributed by atoms with Crippen LogP contribution in [0.5, 0.6) is 0 Å². The highest BCUT2D eigenvalue weighted by Gasteiger charge is 2.12. The van der Waals surface area contributed by atoms with Gasteiger partial charge in [0.2, 0.25) is 0 Å². The lowest BCUT2D eigenvalue weighted by atomic mass is 9.99. The molecule has 0 fully saturated rings. The van der Waals surface area contributed by atoms with Gasteiger partial charge in [-0.05, 0) is 73.4 Å². The zero-order valence-electron chi connectivity index (χ0n) is 15.0. The summed E-state index contributed by atoms with van der Waals surface area (Å²) in [6, 6.07) is 13.8. The third-order valence-electron chi connectivity index (χ3n) is 3.85. The zero-order chi connectivity index (χ0) is 19.1. The third-order valence-corrected chi connectivity index (χ3v) is 5.16. The molecule has 0 N–H and O–H groups in total. The summed E-state index contributed by atoms with van der Waals surface area (Å²) < 4.78 is 4.93. The second-order valence-electron chi connectivity index (χ2n) is 5.77. The van der Waals surface area contributed by atoms with Gasteiger partial charge in [-0.2, -0.15) is 5.26 Å². The van der Waals surface area contributed by atoms with E-state index in [-0.39, 0.29) is 12.2 Å². The largest absolute Gasteiger partial charge is 0.462 e. The smallest absolute Gasteiger partial charge is 0.348 e. The minimum Gasteiger partial charge on any atom is -0.462 e. The number of carbonyl (C=O) groups excluding carboxylic acids is 1. The summed E-state index contributed by atoms with van der Waals surface area (Å²) in [7, 11) is 0. The lowest BCUT2D eigenvalue weighted by Crippen LogP contribution is -2.06. The van der Waals surface area contributed by atoms with Crippen LogP contribution in [0.3, 0.4) is 0 Å². The first kappa shape index (κ1) is 20.1. The highest BCUT2D eigenvalue weighted by atomic mass is 35.5. The summed E-state index contributed by atoms with van der Waals surface area (Å²) in [5.41, 5.74) is 4.21. The topological polar surface area (TPSA) is 50.1 Å². The summed E-state index contributed by atoms with van der Waals surface area (Å²) in [6.45, 7) is 5.99. The number of hydrogen-bond donors (Lipinski definition) is 0. The molecule has 0 aliphatic carbocycles. The van der Waals surface area contributed by atoms with E-state index in [1.54, 1.807) is 24.8 Å². The summed E-state index contributed by atoms with van der Waals surface area (Å²) in [5, 5.41) is 9.96. The van der Waals surface area contributed by atoms with Gasteiger partial charge in [-0.1, -0.05) is 23.7 Å². The van der Waals surface area contributed by atoms with Crippen LogP contribution in [-0.2, 0) is 15.3 Å². The number of rotatable bonds is 6. The molecule has 0 bridgehead atoms. The van der Waals surface area contributed by atoms with Crippen molar-refractivity contribution in [2.75, 3.05) is 6.61 Å². The molecule has 0 amide bonds. The summed E-state index contributed by atoms with van der Waals surface area (Å²) in [6.07, 6.45) is 1.60. The van der Waals surface area contributed by atoms with E-state index in [4.69, 9.17) is 16.3 Å². The summed E-state index contributed by atoms with van der Waals surface area (Å²) >= 11 is 7.64. The molecule has 0 aromatic heterocycles. The average Bonchev–Trinajstić information content (AvgIpc) is 2.61. The van der Waals surface area contributed by atoms with Crippen molar-refractivity contribution in [2.24, 2.45) is 0 Å². The van der Waals surface area contributed by atoms with E-state index in [1.165, 1.54) is 5.56 Å².